The van der Waals surface area contributed by atoms with Crippen molar-refractivity contribution in [2.45, 2.75) is 57.6 Å². The number of sulfonamides is 1. The van der Waals surface area contributed by atoms with Gasteiger partial charge in [-0.3, -0.25) is 13.9 Å². The number of nitrogens with one attached hydrogen (secondary N) is 1. The van der Waals surface area contributed by atoms with E-state index >= 15 is 0 Å². The molecular formula is C35H39N3O5S. The predicted octanol–water partition coefficient (Wildman–Crippen LogP) is 6.31. The third-order valence-electron chi connectivity index (χ3n) is 7.13. The van der Waals surface area contributed by atoms with Crippen molar-refractivity contribution in [3.05, 3.63) is 120 Å². The zero-order valence-electron chi connectivity index (χ0n) is 25.5. The van der Waals surface area contributed by atoms with Crippen LogP contribution in [0.1, 0.15) is 38.3 Å². The van der Waals surface area contributed by atoms with Gasteiger partial charge in [0.05, 0.1) is 10.6 Å². The molecule has 4 aromatic carbocycles. The van der Waals surface area contributed by atoms with Gasteiger partial charge in [0.1, 0.15) is 24.1 Å². The summed E-state index contributed by atoms with van der Waals surface area (Å²) in [6.45, 7) is 7.14. The highest BCUT2D eigenvalue weighted by atomic mass is 32.2. The Labute approximate surface area is 260 Å². The summed E-state index contributed by atoms with van der Waals surface area (Å²) in [5.74, 6) is 0.370. The molecule has 8 nitrogen and oxygen atoms in total. The number of ether oxygens (including phenoxy) is 1. The molecule has 9 heteroatoms. The number of carbonyl (C=O) groups excluding carboxylic acids is 2. The van der Waals surface area contributed by atoms with E-state index in [9.17, 15) is 18.0 Å². The Bertz CT molecular complexity index is 1640. The van der Waals surface area contributed by atoms with E-state index < -0.39 is 28.5 Å². The van der Waals surface area contributed by atoms with Gasteiger partial charge in [-0.2, -0.15) is 0 Å². The molecule has 0 aliphatic carbocycles. The number of benzene rings is 4. The first-order valence-electron chi connectivity index (χ1n) is 14.6. The highest BCUT2D eigenvalue weighted by Gasteiger charge is 2.34. The Morgan fingerprint density at radius 2 is 1.36 bits per heavy atom. The SMILES string of the molecule is CC[C@H](C(=O)NC(C)C)N(Cc1ccccc1C)C(=O)CN(c1ccc(Oc2ccccc2)cc1)S(=O)(=O)c1ccccc1. The van der Waals surface area contributed by atoms with Gasteiger partial charge in [0, 0.05) is 12.6 Å². The molecule has 0 fully saturated rings. The second-order valence-corrected chi connectivity index (χ2v) is 12.6. The van der Waals surface area contributed by atoms with E-state index in [1.54, 1.807) is 42.5 Å². The lowest BCUT2D eigenvalue weighted by Gasteiger charge is -2.34. The van der Waals surface area contributed by atoms with Crippen LogP contribution in [0.4, 0.5) is 5.69 Å². The number of carbonyl (C=O) groups is 2. The zero-order chi connectivity index (χ0) is 31.7. The first-order valence-corrected chi connectivity index (χ1v) is 16.1. The summed E-state index contributed by atoms with van der Waals surface area (Å²) >= 11 is 0. The van der Waals surface area contributed by atoms with Crippen LogP contribution < -0.4 is 14.4 Å². The van der Waals surface area contributed by atoms with Crippen LogP contribution >= 0.6 is 0 Å². The first-order chi connectivity index (χ1) is 21.1. The van der Waals surface area contributed by atoms with Gasteiger partial charge in [0.15, 0.2) is 0 Å². The molecule has 0 saturated carbocycles. The summed E-state index contributed by atoms with van der Waals surface area (Å²) in [7, 11) is -4.16. The number of nitrogens with zero attached hydrogens (tertiary/aromatic N) is 2. The highest BCUT2D eigenvalue weighted by Crippen LogP contribution is 2.29. The molecule has 4 aromatic rings. The topological polar surface area (TPSA) is 96.0 Å². The van der Waals surface area contributed by atoms with E-state index in [0.29, 0.717) is 17.9 Å². The fraction of sp³-hybridized carbons (Fsp3) is 0.257. The third kappa shape index (κ3) is 8.05. The van der Waals surface area contributed by atoms with Gasteiger partial charge in [-0.25, -0.2) is 8.42 Å². The molecular weight excluding hydrogens is 574 g/mol. The normalized spacial score (nSPS) is 11.9. The Morgan fingerprint density at radius 1 is 0.795 bits per heavy atom. The van der Waals surface area contributed by atoms with Crippen LogP contribution in [0.25, 0.3) is 0 Å². The van der Waals surface area contributed by atoms with Gasteiger partial charge in [0.2, 0.25) is 11.8 Å². The van der Waals surface area contributed by atoms with E-state index in [0.717, 1.165) is 15.4 Å². The Hall–Kier alpha value is -4.63. The van der Waals surface area contributed by atoms with Crippen LogP contribution in [-0.2, 0) is 26.2 Å². The van der Waals surface area contributed by atoms with Gasteiger partial charge >= 0.3 is 0 Å². The standard InChI is InChI=1S/C35H39N3O5S/c1-5-33(35(40)36-26(2)3)37(24-28-15-13-12-14-27(28)4)34(39)25-38(44(41,42)32-18-10-7-11-19-32)29-20-22-31(23-21-29)43-30-16-8-6-9-17-30/h6-23,26,33H,5,24-25H2,1-4H3,(H,36,40)/t33-/m1/s1. The van der Waals surface area contributed by atoms with Crippen molar-refractivity contribution in [2.24, 2.45) is 0 Å². The number of amides is 2. The largest absolute Gasteiger partial charge is 0.457 e. The predicted molar refractivity (Wildman–Crippen MR) is 173 cm³/mol. The number of aryl methyl sites for hydroxylation is 1. The summed E-state index contributed by atoms with van der Waals surface area (Å²) in [5.41, 5.74) is 2.13. The van der Waals surface area contributed by atoms with Crippen LogP contribution in [0.2, 0.25) is 0 Å². The molecule has 0 unspecified atom stereocenters. The molecule has 4 rings (SSSR count). The molecule has 44 heavy (non-hydrogen) atoms. The number of para-hydroxylation sites is 1. The molecule has 0 aliphatic rings. The van der Waals surface area contributed by atoms with Crippen molar-refractivity contribution in [2.75, 3.05) is 10.8 Å². The molecule has 0 saturated heterocycles. The molecule has 1 N–H and O–H groups in total. The summed E-state index contributed by atoms with van der Waals surface area (Å²) < 4.78 is 35.1. The molecule has 230 valence electrons. The molecule has 2 amide bonds. The van der Waals surface area contributed by atoms with Crippen molar-refractivity contribution >= 4 is 27.5 Å². The van der Waals surface area contributed by atoms with Crippen LogP contribution in [0.3, 0.4) is 0 Å². The average Bonchev–Trinajstić information content (AvgIpc) is 3.01. The quantitative estimate of drug-likeness (QED) is 0.191. The summed E-state index contributed by atoms with van der Waals surface area (Å²) in [4.78, 5) is 29.1. The zero-order valence-corrected chi connectivity index (χ0v) is 26.3. The third-order valence-corrected chi connectivity index (χ3v) is 8.92. The fourth-order valence-corrected chi connectivity index (χ4v) is 6.26. The van der Waals surface area contributed by atoms with Crippen molar-refractivity contribution in [1.29, 1.82) is 0 Å². The molecule has 0 spiro atoms. The number of hydrogen-bond acceptors (Lipinski definition) is 5. The summed E-state index contributed by atoms with van der Waals surface area (Å²) in [6.07, 6.45) is 0.354. The van der Waals surface area contributed by atoms with Crippen molar-refractivity contribution in [3.8, 4) is 11.5 Å². The lowest BCUT2D eigenvalue weighted by molar-refractivity contribution is -0.140. The lowest BCUT2D eigenvalue weighted by Crippen LogP contribution is -2.53. The number of hydrogen-bond donors (Lipinski definition) is 1. The van der Waals surface area contributed by atoms with Crippen molar-refractivity contribution < 1.29 is 22.7 Å². The Morgan fingerprint density at radius 3 is 1.95 bits per heavy atom. The van der Waals surface area contributed by atoms with Gasteiger partial charge in [-0.15, -0.1) is 0 Å². The maximum absolute atomic E-state index is 14.2. The van der Waals surface area contributed by atoms with Gasteiger partial charge in [-0.1, -0.05) is 67.6 Å². The van der Waals surface area contributed by atoms with Crippen LogP contribution in [0, 0.1) is 6.92 Å². The van der Waals surface area contributed by atoms with E-state index in [4.69, 9.17) is 4.74 Å². The van der Waals surface area contributed by atoms with Gasteiger partial charge in [-0.05, 0) is 86.8 Å². The maximum atomic E-state index is 14.2. The number of rotatable bonds is 13. The second-order valence-electron chi connectivity index (χ2n) is 10.8. The minimum atomic E-state index is -4.16. The molecule has 0 bridgehead atoms. The minimum absolute atomic E-state index is 0.0486. The molecule has 0 heterocycles. The van der Waals surface area contributed by atoms with E-state index in [-0.39, 0.29) is 29.1 Å². The fourth-order valence-electron chi connectivity index (χ4n) is 4.82. The summed E-state index contributed by atoms with van der Waals surface area (Å²) in [6, 6.07) is 30.5. The van der Waals surface area contributed by atoms with Crippen molar-refractivity contribution in [3.63, 3.8) is 0 Å². The molecule has 0 aromatic heterocycles. The second kappa shape index (κ2) is 14.7. The first kappa shape index (κ1) is 32.3. The van der Waals surface area contributed by atoms with E-state index in [1.165, 1.54) is 17.0 Å². The van der Waals surface area contributed by atoms with Crippen LogP contribution in [0.15, 0.2) is 114 Å². The van der Waals surface area contributed by atoms with Gasteiger partial charge in [0.25, 0.3) is 10.0 Å². The van der Waals surface area contributed by atoms with Crippen LogP contribution in [0.5, 0.6) is 11.5 Å². The van der Waals surface area contributed by atoms with Crippen molar-refractivity contribution in [1.82, 2.24) is 10.2 Å². The lowest BCUT2D eigenvalue weighted by atomic mass is 10.1. The molecule has 0 aliphatic heterocycles. The maximum Gasteiger partial charge on any atom is 0.264 e. The monoisotopic (exact) mass is 613 g/mol. The van der Waals surface area contributed by atoms with E-state index in [1.807, 2.05) is 82.3 Å². The molecule has 0 radical (unpaired) electrons. The van der Waals surface area contributed by atoms with Crippen LogP contribution in [-0.4, -0.2) is 43.8 Å². The minimum Gasteiger partial charge on any atom is -0.457 e. The Kier molecular flexibility index (Phi) is 10.8. The Balaban J connectivity index is 1.72. The van der Waals surface area contributed by atoms with Gasteiger partial charge < -0.3 is 15.0 Å². The smallest absolute Gasteiger partial charge is 0.264 e. The number of anilines is 1. The summed E-state index contributed by atoms with van der Waals surface area (Å²) in [5, 5.41) is 2.92. The van der Waals surface area contributed by atoms with E-state index in [2.05, 4.69) is 5.32 Å². The highest BCUT2D eigenvalue weighted by molar-refractivity contribution is 7.92. The average molecular weight is 614 g/mol. The molecule has 1 atom stereocenters.